The summed E-state index contributed by atoms with van der Waals surface area (Å²) in [6.45, 7) is 4.41. The molecular weight excluding hydrogens is 184 g/mol. The molecule has 0 amide bonds. The van der Waals surface area contributed by atoms with Crippen LogP contribution in [0.4, 0.5) is 0 Å². The van der Waals surface area contributed by atoms with Gasteiger partial charge < -0.3 is 10.6 Å². The summed E-state index contributed by atoms with van der Waals surface area (Å²) >= 11 is 5.83. The second-order valence-corrected chi connectivity index (χ2v) is 5.05. The van der Waals surface area contributed by atoms with Gasteiger partial charge in [-0.3, -0.25) is 0 Å². The van der Waals surface area contributed by atoms with Gasteiger partial charge in [0.25, 0.3) is 0 Å². The third-order valence-electron chi connectivity index (χ3n) is 3.62. The van der Waals surface area contributed by atoms with Crippen LogP contribution >= 0.6 is 11.6 Å². The smallest absolute Gasteiger partial charge is 0.0252 e. The largest absolute Gasteiger partial charge is 0.329 e. The molecule has 2 aliphatic rings. The van der Waals surface area contributed by atoms with Crippen LogP contribution in [0.15, 0.2) is 0 Å². The van der Waals surface area contributed by atoms with Gasteiger partial charge in [-0.25, -0.2) is 0 Å². The second kappa shape index (κ2) is 3.76. The van der Waals surface area contributed by atoms with Crippen molar-refractivity contribution < 1.29 is 0 Å². The normalized spacial score (nSPS) is 39.7. The van der Waals surface area contributed by atoms with Crippen LogP contribution in [-0.4, -0.2) is 37.0 Å². The van der Waals surface area contributed by atoms with Crippen molar-refractivity contribution in [1.29, 1.82) is 0 Å². The Labute approximate surface area is 85.4 Å². The quantitative estimate of drug-likeness (QED) is 0.699. The molecule has 0 bridgehead atoms. The molecule has 13 heavy (non-hydrogen) atoms. The number of rotatable bonds is 3. The number of hydrogen-bond donors (Lipinski definition) is 1. The molecule has 0 unspecified atom stereocenters. The molecule has 0 aromatic heterocycles. The fraction of sp³-hybridized carbons (Fsp3) is 1.00. The van der Waals surface area contributed by atoms with Gasteiger partial charge in [-0.15, -0.1) is 11.6 Å². The van der Waals surface area contributed by atoms with E-state index < -0.39 is 0 Å². The number of nitrogens with zero attached hydrogens (tertiary/aromatic N) is 1. The predicted octanol–water partition coefficient (Wildman–Crippen LogP) is 1.29. The zero-order valence-electron chi connectivity index (χ0n) is 8.14. The van der Waals surface area contributed by atoms with Crippen molar-refractivity contribution in [3.63, 3.8) is 0 Å². The van der Waals surface area contributed by atoms with E-state index >= 15 is 0 Å². The highest BCUT2D eigenvalue weighted by Crippen LogP contribution is 2.51. The fourth-order valence-corrected chi connectivity index (χ4v) is 3.23. The fourth-order valence-electron chi connectivity index (χ4n) is 3.01. The molecule has 1 aliphatic heterocycles. The first-order valence-corrected chi connectivity index (χ1v) is 5.80. The molecule has 2 nitrogen and oxygen atoms in total. The van der Waals surface area contributed by atoms with E-state index in [4.69, 9.17) is 17.3 Å². The Morgan fingerprint density at radius 3 is 2.85 bits per heavy atom. The van der Waals surface area contributed by atoms with Gasteiger partial charge in [-0.1, -0.05) is 0 Å². The third-order valence-corrected chi connectivity index (χ3v) is 4.06. The zero-order chi connectivity index (χ0) is 9.31. The van der Waals surface area contributed by atoms with Crippen molar-refractivity contribution in [2.45, 2.75) is 19.3 Å². The minimum absolute atomic E-state index is 0.648. The van der Waals surface area contributed by atoms with Crippen LogP contribution in [0.5, 0.6) is 0 Å². The van der Waals surface area contributed by atoms with Gasteiger partial charge in [-0.2, -0.15) is 0 Å². The molecule has 3 heteroatoms. The molecule has 2 rings (SSSR count). The lowest BCUT2D eigenvalue weighted by Gasteiger charge is -2.44. The average molecular weight is 203 g/mol. The number of alkyl halides is 1. The minimum atomic E-state index is 0.648. The van der Waals surface area contributed by atoms with Crippen LogP contribution in [0, 0.1) is 11.3 Å². The van der Waals surface area contributed by atoms with Gasteiger partial charge in [0.05, 0.1) is 0 Å². The highest BCUT2D eigenvalue weighted by atomic mass is 35.5. The number of hydrogen-bond acceptors (Lipinski definition) is 2. The molecule has 1 spiro atoms. The van der Waals surface area contributed by atoms with Crippen molar-refractivity contribution >= 4 is 11.6 Å². The van der Waals surface area contributed by atoms with Crippen LogP contribution in [-0.2, 0) is 0 Å². The Hall–Kier alpha value is 0.210. The van der Waals surface area contributed by atoms with Crippen molar-refractivity contribution in [3.05, 3.63) is 0 Å². The lowest BCUT2D eigenvalue weighted by molar-refractivity contribution is 0.0774. The van der Waals surface area contributed by atoms with E-state index in [9.17, 15) is 0 Å². The van der Waals surface area contributed by atoms with E-state index in [0.717, 1.165) is 24.9 Å². The molecule has 2 N–H and O–H groups in total. The molecule has 2 fully saturated rings. The maximum atomic E-state index is 5.83. The maximum absolute atomic E-state index is 5.83. The van der Waals surface area contributed by atoms with E-state index in [1.807, 2.05) is 0 Å². The molecular formula is C10H19ClN2. The lowest BCUT2D eigenvalue weighted by Crippen LogP contribution is -2.41. The summed E-state index contributed by atoms with van der Waals surface area (Å²) in [5.41, 5.74) is 6.19. The molecule has 0 aromatic carbocycles. The summed E-state index contributed by atoms with van der Waals surface area (Å²) < 4.78 is 0. The molecule has 1 saturated carbocycles. The summed E-state index contributed by atoms with van der Waals surface area (Å²) in [7, 11) is 0. The summed E-state index contributed by atoms with van der Waals surface area (Å²) in [5.74, 6) is 1.66. The first-order chi connectivity index (χ1) is 6.28. The van der Waals surface area contributed by atoms with Gasteiger partial charge in [0.15, 0.2) is 0 Å². The lowest BCUT2D eigenvalue weighted by atomic mass is 9.62. The van der Waals surface area contributed by atoms with E-state index in [0.29, 0.717) is 5.41 Å². The van der Waals surface area contributed by atoms with E-state index in [2.05, 4.69) is 4.90 Å². The van der Waals surface area contributed by atoms with Crippen molar-refractivity contribution in [1.82, 2.24) is 4.90 Å². The Balaban J connectivity index is 1.79. The average Bonchev–Trinajstić information content (AvgIpc) is 2.46. The maximum Gasteiger partial charge on any atom is 0.0252 e. The predicted molar refractivity (Wildman–Crippen MR) is 56.0 cm³/mol. The van der Waals surface area contributed by atoms with Gasteiger partial charge in [0, 0.05) is 25.5 Å². The number of likely N-dealkylation sites (tertiary alicyclic amines) is 1. The van der Waals surface area contributed by atoms with Crippen LogP contribution in [0.1, 0.15) is 19.3 Å². The summed E-state index contributed by atoms with van der Waals surface area (Å²) in [5, 5.41) is 0. The molecule has 1 heterocycles. The van der Waals surface area contributed by atoms with Gasteiger partial charge in [0.2, 0.25) is 0 Å². The number of halogens is 1. The van der Waals surface area contributed by atoms with Crippen LogP contribution in [0.25, 0.3) is 0 Å². The van der Waals surface area contributed by atoms with Crippen molar-refractivity contribution in [3.8, 4) is 0 Å². The van der Waals surface area contributed by atoms with Gasteiger partial charge in [-0.05, 0) is 37.1 Å². The Bertz CT molecular complexity index is 178. The van der Waals surface area contributed by atoms with E-state index in [1.54, 1.807) is 0 Å². The summed E-state index contributed by atoms with van der Waals surface area (Å²) in [6.07, 6.45) is 4.09. The van der Waals surface area contributed by atoms with Crippen molar-refractivity contribution in [2.75, 3.05) is 32.1 Å². The third kappa shape index (κ3) is 1.85. The summed E-state index contributed by atoms with van der Waals surface area (Å²) in [6, 6.07) is 0. The Morgan fingerprint density at radius 2 is 2.23 bits per heavy atom. The topological polar surface area (TPSA) is 29.3 Å². The first kappa shape index (κ1) is 9.75. The minimum Gasteiger partial charge on any atom is -0.329 e. The molecule has 1 aliphatic carbocycles. The highest BCUT2D eigenvalue weighted by Gasteiger charge is 2.47. The zero-order valence-corrected chi connectivity index (χ0v) is 8.89. The standard InChI is InChI=1S/C10H19ClN2/c11-7-9-5-10(6-9)1-3-13(8-10)4-2-12/h9H,1-8,12H2. The van der Waals surface area contributed by atoms with Crippen molar-refractivity contribution in [2.24, 2.45) is 17.1 Å². The second-order valence-electron chi connectivity index (χ2n) is 4.74. The van der Waals surface area contributed by atoms with Crippen LogP contribution < -0.4 is 5.73 Å². The molecule has 0 atom stereocenters. The monoisotopic (exact) mass is 202 g/mol. The Kier molecular flexibility index (Phi) is 2.82. The van der Waals surface area contributed by atoms with Gasteiger partial charge in [0.1, 0.15) is 0 Å². The molecule has 0 aromatic rings. The van der Waals surface area contributed by atoms with E-state index in [-0.39, 0.29) is 0 Å². The van der Waals surface area contributed by atoms with Crippen LogP contribution in [0.2, 0.25) is 0 Å². The summed E-state index contributed by atoms with van der Waals surface area (Å²) in [4.78, 5) is 2.50. The Morgan fingerprint density at radius 1 is 1.46 bits per heavy atom. The first-order valence-electron chi connectivity index (χ1n) is 5.26. The van der Waals surface area contributed by atoms with E-state index in [1.165, 1.54) is 32.4 Å². The molecule has 1 saturated heterocycles. The highest BCUT2D eigenvalue weighted by molar-refractivity contribution is 6.18. The van der Waals surface area contributed by atoms with Crippen LogP contribution in [0.3, 0.4) is 0 Å². The molecule has 0 radical (unpaired) electrons. The SMILES string of the molecule is NCCN1CCC2(CC(CCl)C2)C1. The number of nitrogens with two attached hydrogens (primary N) is 1. The van der Waals surface area contributed by atoms with Gasteiger partial charge >= 0.3 is 0 Å². The molecule has 76 valence electrons.